The van der Waals surface area contributed by atoms with E-state index < -0.39 is 35.5 Å². The van der Waals surface area contributed by atoms with E-state index in [-0.39, 0.29) is 5.56 Å². The number of fused-ring (bicyclic) bond motifs is 2. The van der Waals surface area contributed by atoms with Gasteiger partial charge in [0.15, 0.2) is 0 Å². The summed E-state index contributed by atoms with van der Waals surface area (Å²) >= 11 is 1.22. The van der Waals surface area contributed by atoms with E-state index in [4.69, 9.17) is 0 Å². The average Bonchev–Trinajstić information content (AvgIpc) is 3.67. The van der Waals surface area contributed by atoms with Crippen molar-refractivity contribution in [3.8, 4) is 16.1 Å². The van der Waals surface area contributed by atoms with Crippen molar-refractivity contribution in [3.63, 3.8) is 0 Å². The second-order valence-electron chi connectivity index (χ2n) is 11.4. The number of thiophene rings is 1. The zero-order chi connectivity index (χ0) is 33.4. The number of benzene rings is 4. The molecule has 48 heavy (non-hydrogen) atoms. The molecule has 0 saturated carbocycles. The Balaban J connectivity index is 1.45. The van der Waals surface area contributed by atoms with E-state index in [1.165, 1.54) is 40.2 Å². The molecule has 0 saturated heterocycles. The minimum Gasteiger partial charge on any atom is -0.306 e. The Morgan fingerprint density at radius 1 is 0.812 bits per heavy atom. The van der Waals surface area contributed by atoms with Crippen LogP contribution in [-0.4, -0.2) is 27.2 Å². The second-order valence-corrected chi connectivity index (χ2v) is 12.4. The van der Waals surface area contributed by atoms with Gasteiger partial charge in [-0.05, 0) is 58.7 Å². The van der Waals surface area contributed by atoms with E-state index in [2.05, 4.69) is 32.7 Å². The third kappa shape index (κ3) is 5.81. The molecule has 0 radical (unpaired) electrons. The van der Waals surface area contributed by atoms with Crippen LogP contribution in [0.25, 0.3) is 26.3 Å². The van der Waals surface area contributed by atoms with Gasteiger partial charge >= 0.3 is 11.7 Å². The number of nitrogens with zero attached hydrogens (tertiary/aromatic N) is 3. The van der Waals surface area contributed by atoms with Crippen LogP contribution >= 0.6 is 11.3 Å². The Hall–Kier alpha value is -5.43. The van der Waals surface area contributed by atoms with Crippen LogP contribution < -0.4 is 22.0 Å². The van der Waals surface area contributed by atoms with E-state index in [1.54, 1.807) is 42.5 Å². The summed E-state index contributed by atoms with van der Waals surface area (Å²) in [4.78, 5) is 48.6. The smallest absolute Gasteiger partial charge is 0.306 e. The maximum Gasteiger partial charge on any atom is 0.343 e. The predicted octanol–water partition coefficient (Wildman–Crippen LogP) is 6.41. The molecule has 1 aliphatic rings. The molecule has 7 rings (SSSR count). The number of carbonyl (C=O) groups excluding carboxylic acids is 1. The first-order valence-electron chi connectivity index (χ1n) is 15.1. The molecule has 4 aromatic carbocycles. The van der Waals surface area contributed by atoms with E-state index in [0.717, 1.165) is 27.1 Å². The lowest BCUT2D eigenvalue weighted by Crippen LogP contribution is -2.39. The molecule has 2 amide bonds. The number of hydrogen-bond donors (Lipinski definition) is 2. The normalized spacial score (nSPS) is 12.7. The zero-order valence-electron chi connectivity index (χ0n) is 25.7. The molecule has 3 heterocycles. The third-order valence-corrected chi connectivity index (χ3v) is 9.66. The second kappa shape index (κ2) is 13.0. The van der Waals surface area contributed by atoms with Crippen molar-refractivity contribution in [2.24, 2.45) is 0 Å². The van der Waals surface area contributed by atoms with Crippen molar-refractivity contribution in [2.45, 2.75) is 26.2 Å². The predicted molar refractivity (Wildman–Crippen MR) is 181 cm³/mol. The standard InChI is InChI=1S/C36H29F2N5O4S/c1-47-40-35(45)39-25-16-14-22(15-17-25)32-28(20-41-18-23-8-5-6-9-24(23)19-41)31-33(44)43(26-10-3-2-4-11-26)36(46)42(34(31)48-32)21-27-29(37)12-7-13-30(27)38/h2-17H,18-21H2,1H3,(H2,39,40,45). The molecule has 0 atom stereocenters. The van der Waals surface area contributed by atoms with Crippen molar-refractivity contribution in [1.82, 2.24) is 19.5 Å². The Kier molecular flexibility index (Phi) is 8.44. The fourth-order valence-corrected chi connectivity index (χ4v) is 7.43. The van der Waals surface area contributed by atoms with Gasteiger partial charge in [0.2, 0.25) is 0 Å². The molecule has 0 aliphatic carbocycles. The van der Waals surface area contributed by atoms with Gasteiger partial charge in [-0.2, -0.15) is 0 Å². The molecule has 1 aliphatic heterocycles. The molecule has 0 bridgehead atoms. The Bertz CT molecular complexity index is 2240. The number of urea groups is 1. The van der Waals surface area contributed by atoms with Crippen LogP contribution in [0.3, 0.4) is 0 Å². The number of amides is 2. The molecule has 0 fully saturated rings. The number of halogens is 2. The molecule has 2 aromatic heterocycles. The molecule has 0 spiro atoms. The van der Waals surface area contributed by atoms with Gasteiger partial charge in [-0.1, -0.05) is 60.7 Å². The molecular weight excluding hydrogens is 636 g/mol. The summed E-state index contributed by atoms with van der Waals surface area (Å²) in [6.45, 7) is 1.28. The van der Waals surface area contributed by atoms with Crippen LogP contribution in [-0.2, 0) is 31.0 Å². The summed E-state index contributed by atoms with van der Waals surface area (Å²) in [5.74, 6) is -1.58. The average molecular weight is 666 g/mol. The summed E-state index contributed by atoms with van der Waals surface area (Å²) in [7, 11) is 1.33. The fourth-order valence-electron chi connectivity index (χ4n) is 6.13. The number of para-hydroxylation sites is 1. The first-order chi connectivity index (χ1) is 23.3. The van der Waals surface area contributed by atoms with Crippen LogP contribution in [0.15, 0.2) is 107 Å². The number of nitrogens with one attached hydrogen (secondary N) is 2. The zero-order valence-corrected chi connectivity index (χ0v) is 26.5. The highest BCUT2D eigenvalue weighted by Crippen LogP contribution is 2.40. The van der Waals surface area contributed by atoms with Crippen molar-refractivity contribution in [2.75, 3.05) is 12.4 Å². The van der Waals surface area contributed by atoms with Gasteiger partial charge in [0.25, 0.3) is 5.56 Å². The Labute approximate surface area is 277 Å². The minimum absolute atomic E-state index is 0.282. The van der Waals surface area contributed by atoms with Crippen LogP contribution in [0.4, 0.5) is 19.3 Å². The quantitative estimate of drug-likeness (QED) is 0.183. The van der Waals surface area contributed by atoms with Crippen molar-refractivity contribution >= 4 is 33.3 Å². The van der Waals surface area contributed by atoms with Gasteiger partial charge in [0, 0.05) is 35.8 Å². The molecule has 6 aromatic rings. The lowest BCUT2D eigenvalue weighted by Gasteiger charge is -2.17. The van der Waals surface area contributed by atoms with Crippen LogP contribution in [0.2, 0.25) is 0 Å². The molecule has 0 unspecified atom stereocenters. The van der Waals surface area contributed by atoms with Crippen LogP contribution in [0, 0.1) is 11.6 Å². The van der Waals surface area contributed by atoms with E-state index >= 15 is 8.78 Å². The minimum atomic E-state index is -0.792. The van der Waals surface area contributed by atoms with Gasteiger partial charge in [0.05, 0.1) is 24.7 Å². The fraction of sp³-hybridized carbons (Fsp3) is 0.139. The highest BCUT2D eigenvalue weighted by atomic mass is 32.1. The van der Waals surface area contributed by atoms with Gasteiger partial charge in [-0.25, -0.2) is 28.4 Å². The van der Waals surface area contributed by atoms with Gasteiger partial charge in [0.1, 0.15) is 16.5 Å². The molecule has 2 N–H and O–H groups in total. The van der Waals surface area contributed by atoms with Crippen molar-refractivity contribution in [1.29, 1.82) is 0 Å². The Morgan fingerprint density at radius 3 is 2.10 bits per heavy atom. The van der Waals surface area contributed by atoms with Crippen LogP contribution in [0.5, 0.6) is 0 Å². The summed E-state index contributed by atoms with van der Waals surface area (Å²) in [5.41, 5.74) is 5.35. The molecule has 9 nitrogen and oxygen atoms in total. The number of hydrogen-bond acceptors (Lipinski definition) is 6. The van der Waals surface area contributed by atoms with Gasteiger partial charge in [-0.3, -0.25) is 19.1 Å². The van der Waals surface area contributed by atoms with Gasteiger partial charge < -0.3 is 5.32 Å². The van der Waals surface area contributed by atoms with Gasteiger partial charge in [-0.15, -0.1) is 11.3 Å². The maximum atomic E-state index is 15.0. The van der Waals surface area contributed by atoms with Crippen LogP contribution in [0.1, 0.15) is 22.3 Å². The number of hydroxylamine groups is 1. The SMILES string of the molecule is CONC(=O)Nc1ccc(-c2sc3c(c2CN2Cc4ccccc4C2)c(=O)n(-c2ccccc2)c(=O)n3Cc2c(F)cccc2F)cc1. The maximum absolute atomic E-state index is 15.0. The number of anilines is 1. The first-order valence-corrected chi connectivity index (χ1v) is 15.9. The van der Waals surface area contributed by atoms with E-state index in [0.29, 0.717) is 46.8 Å². The summed E-state index contributed by atoms with van der Waals surface area (Å²) in [5, 5.41) is 2.97. The topological polar surface area (TPSA) is 97.6 Å². The Morgan fingerprint density at radius 2 is 1.46 bits per heavy atom. The van der Waals surface area contributed by atoms with Crippen molar-refractivity contribution in [3.05, 3.63) is 152 Å². The lowest BCUT2D eigenvalue weighted by atomic mass is 10.1. The third-order valence-electron chi connectivity index (χ3n) is 8.35. The monoisotopic (exact) mass is 665 g/mol. The first kappa shape index (κ1) is 31.2. The summed E-state index contributed by atoms with van der Waals surface area (Å²) < 4.78 is 32.4. The van der Waals surface area contributed by atoms with E-state index in [9.17, 15) is 14.4 Å². The highest BCUT2D eigenvalue weighted by Gasteiger charge is 2.28. The lowest BCUT2D eigenvalue weighted by molar-refractivity contribution is 0.114. The summed E-state index contributed by atoms with van der Waals surface area (Å²) in [6.07, 6.45) is 0. The van der Waals surface area contributed by atoms with E-state index in [1.807, 2.05) is 24.3 Å². The summed E-state index contributed by atoms with van der Waals surface area (Å²) in [6, 6.07) is 26.7. The molecular formula is C36H29F2N5O4S. The molecule has 242 valence electrons. The largest absolute Gasteiger partial charge is 0.343 e. The molecule has 12 heteroatoms. The number of aromatic nitrogens is 2. The number of carbonyl (C=O) groups is 1. The van der Waals surface area contributed by atoms with Crippen molar-refractivity contribution < 1.29 is 18.4 Å². The highest BCUT2D eigenvalue weighted by molar-refractivity contribution is 7.22. The number of rotatable bonds is 8.